The molecule has 0 aliphatic heterocycles. The van der Waals surface area contributed by atoms with Crippen molar-refractivity contribution in [3.63, 3.8) is 0 Å². The highest BCUT2D eigenvalue weighted by Gasteiger charge is 2.27. The van der Waals surface area contributed by atoms with Gasteiger partial charge in [-0.2, -0.15) is 0 Å². The zero-order chi connectivity index (χ0) is 17.7. The van der Waals surface area contributed by atoms with Gasteiger partial charge in [0.15, 0.2) is 0 Å². The van der Waals surface area contributed by atoms with Crippen molar-refractivity contribution in [1.82, 2.24) is 4.98 Å². The van der Waals surface area contributed by atoms with Crippen LogP contribution in [0.4, 0.5) is 5.00 Å². The quantitative estimate of drug-likeness (QED) is 0.835. The highest BCUT2D eigenvalue weighted by atomic mass is 32.1. The molecule has 0 fully saturated rings. The number of esters is 2. The van der Waals surface area contributed by atoms with Crippen LogP contribution in [0.3, 0.4) is 0 Å². The van der Waals surface area contributed by atoms with E-state index in [0.717, 1.165) is 11.3 Å². The third-order valence-corrected chi connectivity index (χ3v) is 4.34. The minimum atomic E-state index is -0.638. The van der Waals surface area contributed by atoms with Crippen LogP contribution in [0, 0.1) is 6.92 Å². The number of methoxy groups -OCH3 is 1. The first kappa shape index (κ1) is 17.6. The summed E-state index contributed by atoms with van der Waals surface area (Å²) in [5.41, 5.74) is 0.881. The van der Waals surface area contributed by atoms with Crippen molar-refractivity contribution < 1.29 is 23.9 Å². The fourth-order valence-corrected chi connectivity index (χ4v) is 3.10. The van der Waals surface area contributed by atoms with Crippen LogP contribution in [0.2, 0.25) is 0 Å². The second kappa shape index (κ2) is 7.69. The number of pyridine rings is 1. The van der Waals surface area contributed by atoms with Gasteiger partial charge in [-0.15, -0.1) is 11.3 Å². The lowest BCUT2D eigenvalue weighted by molar-refractivity contribution is 0.0531. The molecule has 2 rings (SSSR count). The van der Waals surface area contributed by atoms with Crippen LogP contribution in [0.1, 0.15) is 42.9 Å². The van der Waals surface area contributed by atoms with E-state index >= 15 is 0 Å². The minimum absolute atomic E-state index is 0.141. The smallest absolute Gasteiger partial charge is 0.348 e. The van der Waals surface area contributed by atoms with Gasteiger partial charge in [-0.05, 0) is 31.5 Å². The van der Waals surface area contributed by atoms with Gasteiger partial charge in [0.1, 0.15) is 9.88 Å². The number of aromatic nitrogens is 1. The summed E-state index contributed by atoms with van der Waals surface area (Å²) in [6.45, 7) is 3.50. The average molecular weight is 348 g/mol. The average Bonchev–Trinajstić information content (AvgIpc) is 2.91. The van der Waals surface area contributed by atoms with Crippen molar-refractivity contribution in [3.05, 3.63) is 46.1 Å². The van der Waals surface area contributed by atoms with Gasteiger partial charge in [0.05, 0.1) is 24.8 Å². The standard InChI is InChI=1S/C16H16N2O5S/c1-4-23-16(21)12-9(2)11(15(20)22-3)14(24-12)18-13(19)10-6-5-7-17-8-10/h5-8H,4H2,1-3H3,(H,18,19). The number of nitrogens with zero attached hydrogens (tertiary/aromatic N) is 1. The van der Waals surface area contributed by atoms with E-state index in [1.54, 1.807) is 32.2 Å². The molecule has 0 spiro atoms. The molecule has 2 heterocycles. The van der Waals surface area contributed by atoms with Crippen LogP contribution in [-0.4, -0.2) is 36.5 Å². The van der Waals surface area contributed by atoms with Crippen molar-refractivity contribution >= 4 is 34.2 Å². The Bertz CT molecular complexity index is 770. The van der Waals surface area contributed by atoms with Crippen LogP contribution in [0.15, 0.2) is 24.5 Å². The van der Waals surface area contributed by atoms with Crippen LogP contribution in [0.5, 0.6) is 0 Å². The third-order valence-electron chi connectivity index (χ3n) is 3.15. The van der Waals surface area contributed by atoms with E-state index in [4.69, 9.17) is 9.47 Å². The van der Waals surface area contributed by atoms with Gasteiger partial charge >= 0.3 is 11.9 Å². The molecule has 0 saturated carbocycles. The molecule has 7 nitrogen and oxygen atoms in total. The number of thiophene rings is 1. The first-order valence-corrected chi connectivity index (χ1v) is 7.91. The topological polar surface area (TPSA) is 94.6 Å². The SMILES string of the molecule is CCOC(=O)c1sc(NC(=O)c2cccnc2)c(C(=O)OC)c1C. The number of rotatable bonds is 5. The first-order valence-electron chi connectivity index (χ1n) is 7.09. The molecule has 1 amide bonds. The highest BCUT2D eigenvalue weighted by Crippen LogP contribution is 2.34. The predicted octanol–water partition coefficient (Wildman–Crippen LogP) is 2.67. The number of carbonyl (C=O) groups is 3. The normalized spacial score (nSPS) is 10.1. The molecule has 0 aliphatic rings. The third kappa shape index (κ3) is 3.60. The lowest BCUT2D eigenvalue weighted by atomic mass is 10.1. The Labute approximate surface area is 142 Å². The largest absolute Gasteiger partial charge is 0.465 e. The Morgan fingerprint density at radius 1 is 1.29 bits per heavy atom. The molecule has 0 bridgehead atoms. The van der Waals surface area contributed by atoms with Gasteiger partial charge in [0.2, 0.25) is 0 Å². The molecule has 0 unspecified atom stereocenters. The first-order chi connectivity index (χ1) is 11.5. The van der Waals surface area contributed by atoms with E-state index < -0.39 is 17.8 Å². The lowest BCUT2D eigenvalue weighted by Gasteiger charge is -2.05. The van der Waals surface area contributed by atoms with Crippen LogP contribution < -0.4 is 5.32 Å². The molecule has 0 aliphatic carbocycles. The fraction of sp³-hybridized carbons (Fsp3) is 0.250. The maximum atomic E-state index is 12.3. The van der Waals surface area contributed by atoms with E-state index in [9.17, 15) is 14.4 Å². The Balaban J connectivity index is 2.41. The maximum absolute atomic E-state index is 12.3. The molecule has 0 aromatic carbocycles. The molecule has 126 valence electrons. The van der Waals surface area contributed by atoms with E-state index in [2.05, 4.69) is 10.3 Å². The summed E-state index contributed by atoms with van der Waals surface area (Å²) in [5, 5.41) is 2.86. The zero-order valence-corrected chi connectivity index (χ0v) is 14.2. The van der Waals surface area contributed by atoms with Gasteiger partial charge in [-0.25, -0.2) is 9.59 Å². The number of hydrogen-bond acceptors (Lipinski definition) is 7. The lowest BCUT2D eigenvalue weighted by Crippen LogP contribution is -2.14. The van der Waals surface area contributed by atoms with Gasteiger partial charge in [-0.1, -0.05) is 0 Å². The van der Waals surface area contributed by atoms with Crippen molar-refractivity contribution in [1.29, 1.82) is 0 Å². The summed E-state index contributed by atoms with van der Waals surface area (Å²) in [4.78, 5) is 40.4. The number of hydrogen-bond donors (Lipinski definition) is 1. The van der Waals surface area contributed by atoms with Crippen LogP contribution >= 0.6 is 11.3 Å². The van der Waals surface area contributed by atoms with E-state index in [-0.39, 0.29) is 22.0 Å². The summed E-state index contributed by atoms with van der Waals surface area (Å²) in [7, 11) is 1.23. The molecule has 8 heteroatoms. The molecule has 0 saturated heterocycles. The van der Waals surface area contributed by atoms with E-state index in [1.807, 2.05) is 0 Å². The minimum Gasteiger partial charge on any atom is -0.465 e. The fourth-order valence-electron chi connectivity index (χ4n) is 2.01. The molecule has 2 aromatic rings. The Morgan fingerprint density at radius 2 is 2.04 bits per heavy atom. The van der Waals surface area contributed by atoms with Gasteiger partial charge < -0.3 is 14.8 Å². The van der Waals surface area contributed by atoms with Crippen molar-refractivity contribution in [2.45, 2.75) is 13.8 Å². The number of ether oxygens (including phenoxy) is 2. The van der Waals surface area contributed by atoms with Crippen molar-refractivity contribution in [2.24, 2.45) is 0 Å². The van der Waals surface area contributed by atoms with Gasteiger partial charge in [-0.3, -0.25) is 9.78 Å². The molecule has 0 atom stereocenters. The number of amides is 1. The Hall–Kier alpha value is -2.74. The van der Waals surface area contributed by atoms with E-state index in [0.29, 0.717) is 11.1 Å². The molecule has 2 aromatic heterocycles. The Morgan fingerprint density at radius 3 is 2.62 bits per heavy atom. The monoisotopic (exact) mass is 348 g/mol. The summed E-state index contributed by atoms with van der Waals surface area (Å²) in [6, 6.07) is 3.21. The van der Waals surface area contributed by atoms with Crippen molar-refractivity contribution in [3.8, 4) is 0 Å². The summed E-state index contributed by atoms with van der Waals surface area (Å²) in [5.74, 6) is -1.63. The molecule has 1 N–H and O–H groups in total. The van der Waals surface area contributed by atoms with Crippen LogP contribution in [0.25, 0.3) is 0 Å². The Kier molecular flexibility index (Phi) is 5.64. The van der Waals surface area contributed by atoms with Gasteiger partial charge in [0.25, 0.3) is 5.91 Å². The maximum Gasteiger partial charge on any atom is 0.348 e. The summed E-state index contributed by atoms with van der Waals surface area (Å²) < 4.78 is 9.73. The summed E-state index contributed by atoms with van der Waals surface area (Å²) in [6.07, 6.45) is 2.95. The molecule has 0 radical (unpaired) electrons. The molecular weight excluding hydrogens is 332 g/mol. The predicted molar refractivity (Wildman–Crippen MR) is 88.5 cm³/mol. The summed E-state index contributed by atoms with van der Waals surface area (Å²) >= 11 is 0.973. The van der Waals surface area contributed by atoms with Crippen LogP contribution in [-0.2, 0) is 9.47 Å². The highest BCUT2D eigenvalue weighted by molar-refractivity contribution is 7.18. The second-order valence-corrected chi connectivity index (χ2v) is 5.69. The van der Waals surface area contributed by atoms with Gasteiger partial charge in [0, 0.05) is 12.4 Å². The second-order valence-electron chi connectivity index (χ2n) is 4.67. The zero-order valence-electron chi connectivity index (χ0n) is 13.4. The van der Waals surface area contributed by atoms with E-state index in [1.165, 1.54) is 13.3 Å². The number of nitrogens with one attached hydrogen (secondary N) is 1. The van der Waals surface area contributed by atoms with Crippen molar-refractivity contribution in [2.75, 3.05) is 19.0 Å². The molecule has 24 heavy (non-hydrogen) atoms. The molecular formula is C16H16N2O5S. The number of anilines is 1. The number of carbonyl (C=O) groups excluding carboxylic acids is 3.